The lowest BCUT2D eigenvalue weighted by molar-refractivity contribution is -0.161. The third-order valence-corrected chi connectivity index (χ3v) is 3.69. The Labute approximate surface area is 110 Å². The number of rotatable bonds is 2. The van der Waals surface area contributed by atoms with E-state index in [0.29, 0.717) is 25.9 Å². The van der Waals surface area contributed by atoms with Crippen molar-refractivity contribution in [2.45, 2.75) is 44.4 Å². The highest BCUT2D eigenvalue weighted by molar-refractivity contribution is 5.93. The van der Waals surface area contributed by atoms with Crippen LogP contribution in [0.3, 0.4) is 0 Å². The van der Waals surface area contributed by atoms with E-state index in [1.54, 1.807) is 13.8 Å². The Bertz CT molecular complexity index is 420. The van der Waals surface area contributed by atoms with Crippen molar-refractivity contribution in [3.63, 3.8) is 0 Å². The summed E-state index contributed by atoms with van der Waals surface area (Å²) in [6, 6.07) is 0. The van der Waals surface area contributed by atoms with Crippen LogP contribution in [0.2, 0.25) is 0 Å². The normalized spacial score (nSPS) is 30.0. The van der Waals surface area contributed by atoms with Gasteiger partial charge in [-0.1, -0.05) is 0 Å². The van der Waals surface area contributed by atoms with Gasteiger partial charge in [-0.25, -0.2) is 4.79 Å². The average molecular weight is 270 g/mol. The molecule has 2 saturated heterocycles. The van der Waals surface area contributed by atoms with Crippen LogP contribution in [-0.4, -0.2) is 58.6 Å². The fourth-order valence-electron chi connectivity index (χ4n) is 2.46. The van der Waals surface area contributed by atoms with Crippen molar-refractivity contribution in [2.24, 2.45) is 0 Å². The van der Waals surface area contributed by atoms with Crippen LogP contribution in [0.25, 0.3) is 0 Å². The fourth-order valence-corrected chi connectivity index (χ4v) is 2.46. The maximum Gasteiger partial charge on any atom is 0.332 e. The van der Waals surface area contributed by atoms with Crippen LogP contribution in [0.4, 0.5) is 0 Å². The summed E-state index contributed by atoms with van der Waals surface area (Å²) in [5.74, 6) is -1.56. The molecule has 106 valence electrons. The number of aliphatic carboxylic acids is 1. The number of hydrogen-bond acceptors (Lipinski definition) is 4. The maximum absolute atomic E-state index is 12.4. The van der Waals surface area contributed by atoms with Gasteiger partial charge in [0, 0.05) is 13.1 Å². The van der Waals surface area contributed by atoms with E-state index in [-0.39, 0.29) is 11.8 Å². The lowest BCUT2D eigenvalue weighted by atomic mass is 9.97. The number of ether oxygens (including phenoxy) is 1. The highest BCUT2D eigenvalue weighted by Crippen LogP contribution is 2.26. The van der Waals surface area contributed by atoms with Crippen LogP contribution < -0.4 is 5.32 Å². The van der Waals surface area contributed by atoms with Crippen LogP contribution in [0.15, 0.2) is 0 Å². The molecule has 2 fully saturated rings. The van der Waals surface area contributed by atoms with E-state index < -0.39 is 23.7 Å². The third-order valence-electron chi connectivity index (χ3n) is 3.69. The lowest BCUT2D eigenvalue weighted by Crippen LogP contribution is -2.64. The van der Waals surface area contributed by atoms with Crippen molar-refractivity contribution in [3.8, 4) is 0 Å². The SMILES string of the molecule is CC1(C)C(=O)NCCN1C(=O)C1CCC(C(=O)O)O1. The molecule has 2 aliphatic rings. The Morgan fingerprint density at radius 2 is 2.00 bits per heavy atom. The van der Waals surface area contributed by atoms with Crippen molar-refractivity contribution in [1.29, 1.82) is 0 Å². The van der Waals surface area contributed by atoms with Gasteiger partial charge in [0.25, 0.3) is 5.91 Å². The molecule has 0 saturated carbocycles. The molecule has 2 heterocycles. The average Bonchev–Trinajstić information content (AvgIpc) is 2.81. The van der Waals surface area contributed by atoms with Crippen molar-refractivity contribution in [1.82, 2.24) is 10.2 Å². The van der Waals surface area contributed by atoms with Gasteiger partial charge in [-0.15, -0.1) is 0 Å². The smallest absolute Gasteiger partial charge is 0.332 e. The number of piperazine rings is 1. The van der Waals surface area contributed by atoms with E-state index in [4.69, 9.17) is 9.84 Å². The van der Waals surface area contributed by atoms with Gasteiger partial charge < -0.3 is 20.1 Å². The summed E-state index contributed by atoms with van der Waals surface area (Å²) in [6.45, 7) is 4.16. The molecular weight excluding hydrogens is 252 g/mol. The third kappa shape index (κ3) is 2.42. The largest absolute Gasteiger partial charge is 0.479 e. The first kappa shape index (κ1) is 13.8. The van der Waals surface area contributed by atoms with Crippen molar-refractivity contribution < 1.29 is 24.2 Å². The first-order valence-electron chi connectivity index (χ1n) is 6.32. The molecule has 2 aliphatic heterocycles. The quantitative estimate of drug-likeness (QED) is 0.695. The number of amides is 2. The zero-order chi connectivity index (χ0) is 14.2. The molecule has 2 amide bonds. The standard InChI is InChI=1S/C12H18N2O5/c1-12(2)11(18)13-5-6-14(12)9(15)7-3-4-8(19-7)10(16)17/h7-8H,3-6H2,1-2H3,(H,13,18)(H,16,17). The van der Waals surface area contributed by atoms with Crippen molar-refractivity contribution in [2.75, 3.05) is 13.1 Å². The van der Waals surface area contributed by atoms with Gasteiger partial charge in [0.15, 0.2) is 6.10 Å². The van der Waals surface area contributed by atoms with Crippen LogP contribution in [0.5, 0.6) is 0 Å². The van der Waals surface area contributed by atoms with Crippen LogP contribution in [0, 0.1) is 0 Å². The molecule has 0 spiro atoms. The number of nitrogens with one attached hydrogen (secondary N) is 1. The number of carbonyl (C=O) groups excluding carboxylic acids is 2. The summed E-state index contributed by atoms with van der Waals surface area (Å²) in [5, 5.41) is 11.6. The van der Waals surface area contributed by atoms with E-state index in [2.05, 4.69) is 5.32 Å². The summed E-state index contributed by atoms with van der Waals surface area (Å²) < 4.78 is 5.24. The van der Waals surface area contributed by atoms with Gasteiger partial charge in [-0.3, -0.25) is 9.59 Å². The molecule has 7 heteroatoms. The van der Waals surface area contributed by atoms with E-state index in [0.717, 1.165) is 0 Å². The second-order valence-corrected chi connectivity index (χ2v) is 5.33. The molecule has 7 nitrogen and oxygen atoms in total. The fraction of sp³-hybridized carbons (Fsp3) is 0.750. The molecule has 0 radical (unpaired) electrons. The van der Waals surface area contributed by atoms with Gasteiger partial charge in [-0.05, 0) is 26.7 Å². The zero-order valence-corrected chi connectivity index (χ0v) is 11.0. The van der Waals surface area contributed by atoms with E-state index >= 15 is 0 Å². The lowest BCUT2D eigenvalue weighted by Gasteiger charge is -2.42. The Hall–Kier alpha value is -1.63. The van der Waals surface area contributed by atoms with Crippen LogP contribution in [0.1, 0.15) is 26.7 Å². The predicted octanol–water partition coefficient (Wildman–Crippen LogP) is -0.644. The second-order valence-electron chi connectivity index (χ2n) is 5.33. The minimum absolute atomic E-state index is 0.208. The van der Waals surface area contributed by atoms with Crippen LogP contribution >= 0.6 is 0 Å². The van der Waals surface area contributed by atoms with Gasteiger partial charge in [-0.2, -0.15) is 0 Å². The first-order valence-corrected chi connectivity index (χ1v) is 6.32. The summed E-state index contributed by atoms with van der Waals surface area (Å²) in [4.78, 5) is 36.4. The van der Waals surface area contributed by atoms with Gasteiger partial charge >= 0.3 is 5.97 Å². The molecule has 19 heavy (non-hydrogen) atoms. The maximum atomic E-state index is 12.4. The molecule has 0 aliphatic carbocycles. The number of carboxylic acids is 1. The summed E-state index contributed by atoms with van der Waals surface area (Å²) in [7, 11) is 0. The molecular formula is C12H18N2O5. The number of carboxylic acid groups (broad SMARTS) is 1. The molecule has 2 rings (SSSR count). The van der Waals surface area contributed by atoms with E-state index in [1.807, 2.05) is 0 Å². The van der Waals surface area contributed by atoms with Gasteiger partial charge in [0.2, 0.25) is 5.91 Å². The highest BCUT2D eigenvalue weighted by atomic mass is 16.5. The van der Waals surface area contributed by atoms with Crippen molar-refractivity contribution in [3.05, 3.63) is 0 Å². The Balaban J connectivity index is 2.08. The zero-order valence-electron chi connectivity index (χ0n) is 11.0. The number of nitrogens with zero attached hydrogens (tertiary/aromatic N) is 1. The number of hydrogen-bond donors (Lipinski definition) is 2. The molecule has 2 N–H and O–H groups in total. The predicted molar refractivity (Wildman–Crippen MR) is 64.3 cm³/mol. The number of carbonyl (C=O) groups is 3. The highest BCUT2D eigenvalue weighted by Gasteiger charge is 2.45. The molecule has 2 unspecified atom stereocenters. The molecule has 0 aromatic carbocycles. The second kappa shape index (κ2) is 4.80. The summed E-state index contributed by atoms with van der Waals surface area (Å²) in [5.41, 5.74) is -0.931. The monoisotopic (exact) mass is 270 g/mol. The topological polar surface area (TPSA) is 95.9 Å². The first-order chi connectivity index (χ1) is 8.84. The Kier molecular flexibility index (Phi) is 3.49. The minimum Gasteiger partial charge on any atom is -0.479 e. The van der Waals surface area contributed by atoms with E-state index in [1.165, 1.54) is 4.90 Å². The van der Waals surface area contributed by atoms with E-state index in [9.17, 15) is 14.4 Å². The van der Waals surface area contributed by atoms with Gasteiger partial charge in [0.1, 0.15) is 11.6 Å². The van der Waals surface area contributed by atoms with Gasteiger partial charge in [0.05, 0.1) is 0 Å². The molecule has 0 aromatic heterocycles. The summed E-state index contributed by atoms with van der Waals surface area (Å²) in [6.07, 6.45) is -0.974. The molecule has 0 aromatic rings. The molecule has 2 atom stereocenters. The summed E-state index contributed by atoms with van der Waals surface area (Å²) >= 11 is 0. The Morgan fingerprint density at radius 1 is 1.37 bits per heavy atom. The minimum atomic E-state index is -1.05. The molecule has 0 bridgehead atoms. The van der Waals surface area contributed by atoms with Crippen molar-refractivity contribution >= 4 is 17.8 Å². The Morgan fingerprint density at radius 3 is 2.58 bits per heavy atom. The van der Waals surface area contributed by atoms with Crippen LogP contribution in [-0.2, 0) is 19.1 Å².